The van der Waals surface area contributed by atoms with Gasteiger partial charge in [-0.15, -0.1) is 0 Å². The average molecular weight is 338 g/mol. The number of alkyl halides is 3. The van der Waals surface area contributed by atoms with Crippen molar-refractivity contribution in [1.82, 2.24) is 15.5 Å². The first kappa shape index (κ1) is 16.5. The lowest BCUT2D eigenvalue weighted by Crippen LogP contribution is -2.38. The topological polar surface area (TPSA) is 61.0 Å². The maximum atomic E-state index is 13.1. The minimum Gasteiger partial charge on any atom is -0.310 e. The summed E-state index contributed by atoms with van der Waals surface area (Å²) in [6.45, 7) is 2.56. The van der Waals surface area contributed by atoms with E-state index in [0.29, 0.717) is 13.0 Å². The highest BCUT2D eigenvalue weighted by Gasteiger charge is 2.39. The fourth-order valence-corrected chi connectivity index (χ4v) is 2.84. The van der Waals surface area contributed by atoms with E-state index in [0.717, 1.165) is 17.3 Å². The number of aryl methyl sites for hydroxylation is 1. The molecule has 1 fully saturated rings. The molecular weight excluding hydrogens is 321 g/mol. The van der Waals surface area contributed by atoms with Crippen molar-refractivity contribution in [2.24, 2.45) is 0 Å². The van der Waals surface area contributed by atoms with Crippen molar-refractivity contribution in [3.63, 3.8) is 0 Å². The van der Waals surface area contributed by atoms with Crippen LogP contribution in [0.25, 0.3) is 0 Å². The van der Waals surface area contributed by atoms with Crippen LogP contribution in [0, 0.1) is 6.92 Å². The van der Waals surface area contributed by atoms with Gasteiger partial charge in [0.05, 0.1) is 23.5 Å². The van der Waals surface area contributed by atoms with Gasteiger partial charge in [-0.25, -0.2) is 0 Å². The molecular formula is C16H17F3N4O. The lowest BCUT2D eigenvalue weighted by molar-refractivity contribution is -0.137. The van der Waals surface area contributed by atoms with Gasteiger partial charge in [0, 0.05) is 24.3 Å². The zero-order chi connectivity index (χ0) is 17.3. The van der Waals surface area contributed by atoms with E-state index in [1.165, 1.54) is 23.1 Å². The molecule has 0 saturated carbocycles. The van der Waals surface area contributed by atoms with Crippen LogP contribution < -0.4 is 10.2 Å². The van der Waals surface area contributed by atoms with E-state index in [1.807, 2.05) is 6.92 Å². The normalized spacial score (nSPS) is 18.4. The molecule has 0 aliphatic carbocycles. The van der Waals surface area contributed by atoms with Gasteiger partial charge in [-0.05, 0) is 25.5 Å². The number of para-hydroxylation sites is 1. The van der Waals surface area contributed by atoms with Crippen molar-refractivity contribution in [3.05, 3.63) is 47.3 Å². The summed E-state index contributed by atoms with van der Waals surface area (Å²) in [4.78, 5) is 13.7. The lowest BCUT2D eigenvalue weighted by atomic mass is 10.1. The van der Waals surface area contributed by atoms with Gasteiger partial charge in [0.15, 0.2) is 0 Å². The van der Waals surface area contributed by atoms with Gasteiger partial charge < -0.3 is 10.2 Å². The number of aromatic amines is 1. The van der Waals surface area contributed by atoms with Gasteiger partial charge in [0.2, 0.25) is 5.91 Å². The number of aromatic nitrogens is 2. The van der Waals surface area contributed by atoms with E-state index in [-0.39, 0.29) is 18.1 Å². The number of nitrogens with one attached hydrogen (secondary N) is 2. The Morgan fingerprint density at radius 1 is 1.38 bits per heavy atom. The fourth-order valence-electron chi connectivity index (χ4n) is 2.84. The SMILES string of the molecule is Cc1[nH]ncc1CN[C@H]1CCN(c2ccccc2C(F)(F)F)C1=O. The second-order valence-electron chi connectivity index (χ2n) is 5.75. The Kier molecular flexibility index (Phi) is 4.31. The highest BCUT2D eigenvalue weighted by molar-refractivity contribution is 6.00. The van der Waals surface area contributed by atoms with Gasteiger partial charge >= 0.3 is 6.18 Å². The molecule has 0 bridgehead atoms. The van der Waals surface area contributed by atoms with E-state index >= 15 is 0 Å². The zero-order valence-electron chi connectivity index (χ0n) is 13.0. The molecule has 1 aliphatic heterocycles. The Hall–Kier alpha value is -2.35. The molecule has 0 radical (unpaired) electrons. The molecule has 1 aromatic heterocycles. The van der Waals surface area contributed by atoms with E-state index in [4.69, 9.17) is 0 Å². The number of amides is 1. The molecule has 2 heterocycles. The first-order chi connectivity index (χ1) is 11.4. The maximum Gasteiger partial charge on any atom is 0.418 e. The Morgan fingerprint density at radius 3 is 2.79 bits per heavy atom. The number of carbonyl (C=O) groups is 1. The molecule has 1 saturated heterocycles. The number of anilines is 1. The molecule has 2 aromatic rings. The summed E-state index contributed by atoms with van der Waals surface area (Å²) in [5.41, 5.74) is 0.952. The van der Waals surface area contributed by atoms with Crippen LogP contribution in [0.5, 0.6) is 0 Å². The summed E-state index contributed by atoms with van der Waals surface area (Å²) in [5.74, 6) is -0.340. The third kappa shape index (κ3) is 3.14. The molecule has 128 valence electrons. The molecule has 0 spiro atoms. The quantitative estimate of drug-likeness (QED) is 0.901. The van der Waals surface area contributed by atoms with Gasteiger partial charge in [0.25, 0.3) is 0 Å². The molecule has 8 heteroatoms. The van der Waals surface area contributed by atoms with Crippen molar-refractivity contribution in [1.29, 1.82) is 0 Å². The zero-order valence-corrected chi connectivity index (χ0v) is 13.0. The predicted molar refractivity (Wildman–Crippen MR) is 82.4 cm³/mol. The maximum absolute atomic E-state index is 13.1. The van der Waals surface area contributed by atoms with E-state index in [1.54, 1.807) is 6.20 Å². The highest BCUT2D eigenvalue weighted by Crippen LogP contribution is 2.37. The first-order valence-electron chi connectivity index (χ1n) is 7.58. The number of nitrogens with zero attached hydrogens (tertiary/aromatic N) is 2. The Bertz CT molecular complexity index is 741. The third-order valence-corrected chi connectivity index (χ3v) is 4.18. The number of H-pyrrole nitrogens is 1. The van der Waals surface area contributed by atoms with Crippen LogP contribution in [-0.2, 0) is 17.5 Å². The van der Waals surface area contributed by atoms with Crippen molar-refractivity contribution >= 4 is 11.6 Å². The standard InChI is InChI=1S/C16H17F3N4O/c1-10-11(9-21-22-10)8-20-13-6-7-23(15(13)24)14-5-3-2-4-12(14)16(17,18)19/h2-5,9,13,20H,6-8H2,1H3,(H,21,22)/t13-/m0/s1. The largest absolute Gasteiger partial charge is 0.418 e. The van der Waals surface area contributed by atoms with Gasteiger partial charge in [-0.3, -0.25) is 9.89 Å². The molecule has 1 aromatic carbocycles. The van der Waals surface area contributed by atoms with Crippen molar-refractivity contribution in [2.75, 3.05) is 11.4 Å². The van der Waals surface area contributed by atoms with Crippen molar-refractivity contribution in [3.8, 4) is 0 Å². The number of hydrogen-bond acceptors (Lipinski definition) is 3. The summed E-state index contributed by atoms with van der Waals surface area (Å²) >= 11 is 0. The second kappa shape index (κ2) is 6.27. The average Bonchev–Trinajstić information content (AvgIpc) is 3.10. The molecule has 2 N–H and O–H groups in total. The summed E-state index contributed by atoms with van der Waals surface area (Å²) < 4.78 is 39.4. The van der Waals surface area contributed by atoms with Crippen molar-refractivity contribution in [2.45, 2.75) is 32.1 Å². The summed E-state index contributed by atoms with van der Waals surface area (Å²) in [5, 5.41) is 9.81. The van der Waals surface area contributed by atoms with Crippen molar-refractivity contribution < 1.29 is 18.0 Å². The number of carbonyl (C=O) groups excluding carboxylic acids is 1. The lowest BCUT2D eigenvalue weighted by Gasteiger charge is -2.21. The van der Waals surface area contributed by atoms with Gasteiger partial charge in [-0.2, -0.15) is 18.3 Å². The van der Waals surface area contributed by atoms with Gasteiger partial charge in [0.1, 0.15) is 0 Å². The van der Waals surface area contributed by atoms with Crippen LogP contribution in [0.4, 0.5) is 18.9 Å². The molecule has 1 amide bonds. The molecule has 3 rings (SSSR count). The first-order valence-corrected chi connectivity index (χ1v) is 7.58. The highest BCUT2D eigenvalue weighted by atomic mass is 19.4. The van der Waals surface area contributed by atoms with E-state index in [2.05, 4.69) is 15.5 Å². The predicted octanol–water partition coefficient (Wildman–Crippen LogP) is 2.63. The summed E-state index contributed by atoms with van der Waals surface area (Å²) in [6.07, 6.45) is -2.36. The van der Waals surface area contributed by atoms with Crippen LogP contribution in [0.2, 0.25) is 0 Å². The Morgan fingerprint density at radius 2 is 2.12 bits per heavy atom. The number of rotatable bonds is 4. The monoisotopic (exact) mass is 338 g/mol. The summed E-state index contributed by atoms with van der Waals surface area (Å²) in [6, 6.07) is 4.67. The molecule has 5 nitrogen and oxygen atoms in total. The van der Waals surface area contributed by atoms with E-state index in [9.17, 15) is 18.0 Å². The minimum atomic E-state index is -4.49. The van der Waals surface area contributed by atoms with Gasteiger partial charge in [-0.1, -0.05) is 12.1 Å². The van der Waals surface area contributed by atoms with Crippen LogP contribution in [0.15, 0.2) is 30.5 Å². The number of benzene rings is 1. The van der Waals surface area contributed by atoms with Crippen LogP contribution in [0.1, 0.15) is 23.2 Å². The minimum absolute atomic E-state index is 0.0845. The smallest absolute Gasteiger partial charge is 0.310 e. The molecule has 24 heavy (non-hydrogen) atoms. The Balaban J connectivity index is 1.74. The second-order valence-corrected chi connectivity index (χ2v) is 5.75. The number of hydrogen-bond donors (Lipinski definition) is 2. The third-order valence-electron chi connectivity index (χ3n) is 4.18. The number of halogens is 3. The summed E-state index contributed by atoms with van der Waals surface area (Å²) in [7, 11) is 0. The molecule has 1 atom stereocenters. The van der Waals surface area contributed by atoms with Crippen LogP contribution >= 0.6 is 0 Å². The van der Waals surface area contributed by atoms with Crippen LogP contribution in [-0.4, -0.2) is 28.7 Å². The van der Waals surface area contributed by atoms with Crippen LogP contribution in [0.3, 0.4) is 0 Å². The van der Waals surface area contributed by atoms with E-state index < -0.39 is 17.8 Å². The Labute approximate surface area is 136 Å². The fraction of sp³-hybridized carbons (Fsp3) is 0.375. The molecule has 1 aliphatic rings. The molecule has 0 unspecified atom stereocenters.